The Labute approximate surface area is 94.7 Å². The molecule has 3 nitrogen and oxygen atoms in total. The Hall–Kier alpha value is -1.77. The van der Waals surface area contributed by atoms with Gasteiger partial charge in [0.05, 0.1) is 18.8 Å². The zero-order chi connectivity index (χ0) is 11.4. The zero-order valence-electron chi connectivity index (χ0n) is 9.07. The van der Waals surface area contributed by atoms with Gasteiger partial charge in [-0.3, -0.25) is 4.79 Å². The van der Waals surface area contributed by atoms with Gasteiger partial charge in [0.15, 0.2) is 5.78 Å². The number of ether oxygens (including phenoxy) is 2. The van der Waals surface area contributed by atoms with Crippen molar-refractivity contribution in [3.63, 3.8) is 0 Å². The van der Waals surface area contributed by atoms with E-state index in [9.17, 15) is 4.79 Å². The van der Waals surface area contributed by atoms with Crippen LogP contribution < -0.4 is 9.47 Å². The molecule has 1 aromatic rings. The second kappa shape index (κ2) is 4.84. The number of carbonyl (C=O) groups is 1. The summed E-state index contributed by atoms with van der Waals surface area (Å²) in [6.07, 6.45) is 3.07. The number of hydrogen-bond acceptors (Lipinski definition) is 3. The second-order valence-electron chi connectivity index (χ2n) is 3.61. The molecule has 16 heavy (non-hydrogen) atoms. The maximum absolute atomic E-state index is 11.5. The van der Waals surface area contributed by atoms with E-state index >= 15 is 0 Å². The monoisotopic (exact) mass is 218 g/mol. The molecule has 3 heteroatoms. The minimum atomic E-state index is 0.138. The van der Waals surface area contributed by atoms with Gasteiger partial charge >= 0.3 is 0 Å². The van der Waals surface area contributed by atoms with Crippen molar-refractivity contribution < 1.29 is 14.3 Å². The highest BCUT2D eigenvalue weighted by atomic mass is 16.5. The van der Waals surface area contributed by atoms with Crippen LogP contribution >= 0.6 is 0 Å². The van der Waals surface area contributed by atoms with Crippen molar-refractivity contribution in [2.75, 3.05) is 13.2 Å². The molecule has 1 heterocycles. The first-order valence-corrected chi connectivity index (χ1v) is 5.35. The minimum Gasteiger partial charge on any atom is -0.493 e. The van der Waals surface area contributed by atoms with E-state index in [2.05, 4.69) is 6.58 Å². The first-order chi connectivity index (χ1) is 7.81. The molecular weight excluding hydrogens is 204 g/mol. The molecule has 0 spiro atoms. The third-order valence-corrected chi connectivity index (χ3v) is 2.43. The zero-order valence-corrected chi connectivity index (χ0v) is 9.07. The topological polar surface area (TPSA) is 35.5 Å². The van der Waals surface area contributed by atoms with Crippen molar-refractivity contribution >= 4 is 5.78 Å². The number of rotatable bonds is 4. The van der Waals surface area contributed by atoms with Gasteiger partial charge in [-0.1, -0.05) is 6.08 Å². The summed E-state index contributed by atoms with van der Waals surface area (Å²) in [6.45, 7) is 4.68. The van der Waals surface area contributed by atoms with Crippen LogP contribution in [0.3, 0.4) is 0 Å². The summed E-state index contributed by atoms with van der Waals surface area (Å²) >= 11 is 0. The van der Waals surface area contributed by atoms with Gasteiger partial charge in [-0.2, -0.15) is 0 Å². The molecule has 0 fully saturated rings. The van der Waals surface area contributed by atoms with E-state index in [0.29, 0.717) is 30.9 Å². The molecule has 0 atom stereocenters. The molecule has 0 unspecified atom stereocenters. The third-order valence-electron chi connectivity index (χ3n) is 2.43. The Balaban J connectivity index is 2.12. The fraction of sp³-hybridized carbons (Fsp3) is 0.308. The maximum atomic E-state index is 11.5. The minimum absolute atomic E-state index is 0.138. The van der Waals surface area contributed by atoms with E-state index in [1.54, 1.807) is 24.3 Å². The highest BCUT2D eigenvalue weighted by Gasteiger charge is 2.18. The van der Waals surface area contributed by atoms with Crippen LogP contribution in [-0.4, -0.2) is 19.0 Å². The van der Waals surface area contributed by atoms with E-state index in [4.69, 9.17) is 9.47 Å². The predicted octanol–water partition coefficient (Wildman–Crippen LogP) is 2.61. The first-order valence-electron chi connectivity index (χ1n) is 5.35. The van der Waals surface area contributed by atoms with Crippen LogP contribution in [0.15, 0.2) is 30.9 Å². The van der Waals surface area contributed by atoms with Gasteiger partial charge in [0, 0.05) is 12.5 Å². The molecule has 1 aliphatic rings. The number of fused-ring (bicyclic) bond motifs is 1. The van der Waals surface area contributed by atoms with Crippen LogP contribution in [0.4, 0.5) is 0 Å². The van der Waals surface area contributed by atoms with Crippen LogP contribution in [0.5, 0.6) is 11.5 Å². The lowest BCUT2D eigenvalue weighted by Crippen LogP contribution is -2.15. The van der Waals surface area contributed by atoms with E-state index in [-0.39, 0.29) is 5.78 Å². The lowest BCUT2D eigenvalue weighted by Gasteiger charge is -2.17. The lowest BCUT2D eigenvalue weighted by atomic mass is 10.1. The van der Waals surface area contributed by atoms with Gasteiger partial charge in [-0.05, 0) is 18.6 Å². The smallest absolute Gasteiger partial charge is 0.169 e. The molecule has 84 valence electrons. The summed E-state index contributed by atoms with van der Waals surface area (Å²) in [7, 11) is 0. The SMILES string of the molecule is C=CCCOc1ccc2c(c1)OCCC2=O. The normalized spacial score (nSPS) is 13.9. The average Bonchev–Trinajstić information content (AvgIpc) is 2.30. The Bertz CT molecular complexity index is 410. The van der Waals surface area contributed by atoms with Crippen LogP contribution in [0.25, 0.3) is 0 Å². The van der Waals surface area contributed by atoms with Crippen LogP contribution in [0.2, 0.25) is 0 Å². The van der Waals surface area contributed by atoms with Crippen molar-refractivity contribution in [2.45, 2.75) is 12.8 Å². The largest absolute Gasteiger partial charge is 0.493 e. The Morgan fingerprint density at radius 1 is 1.50 bits per heavy atom. The average molecular weight is 218 g/mol. The highest BCUT2D eigenvalue weighted by molar-refractivity contribution is 5.99. The molecule has 0 saturated carbocycles. The Morgan fingerprint density at radius 2 is 2.38 bits per heavy atom. The first kappa shape index (κ1) is 10.7. The quantitative estimate of drug-likeness (QED) is 0.575. The number of benzene rings is 1. The Kier molecular flexibility index (Phi) is 3.25. The third kappa shape index (κ3) is 2.24. The number of carbonyl (C=O) groups excluding carboxylic acids is 1. The highest BCUT2D eigenvalue weighted by Crippen LogP contribution is 2.29. The fourth-order valence-corrected chi connectivity index (χ4v) is 1.59. The van der Waals surface area contributed by atoms with Gasteiger partial charge in [0.1, 0.15) is 11.5 Å². The summed E-state index contributed by atoms with van der Waals surface area (Å²) in [6, 6.07) is 5.34. The summed E-state index contributed by atoms with van der Waals surface area (Å²) < 4.78 is 10.9. The molecule has 0 aromatic heterocycles. The standard InChI is InChI=1S/C13H14O3/c1-2-3-7-15-10-4-5-11-12(14)6-8-16-13(11)9-10/h2,4-5,9H,1,3,6-8H2. The molecule has 0 bridgehead atoms. The summed E-state index contributed by atoms with van der Waals surface area (Å²) in [5, 5.41) is 0. The van der Waals surface area contributed by atoms with Gasteiger partial charge in [-0.25, -0.2) is 0 Å². The number of ketones is 1. The second-order valence-corrected chi connectivity index (χ2v) is 3.61. The molecule has 1 aliphatic heterocycles. The van der Waals surface area contributed by atoms with Crippen LogP contribution in [-0.2, 0) is 0 Å². The maximum Gasteiger partial charge on any atom is 0.169 e. The molecule has 0 aliphatic carbocycles. The Morgan fingerprint density at radius 3 is 3.19 bits per heavy atom. The van der Waals surface area contributed by atoms with E-state index in [1.807, 2.05) is 0 Å². The molecular formula is C13H14O3. The van der Waals surface area contributed by atoms with Crippen LogP contribution in [0, 0.1) is 0 Å². The van der Waals surface area contributed by atoms with Crippen molar-refractivity contribution in [2.24, 2.45) is 0 Å². The van der Waals surface area contributed by atoms with E-state index < -0.39 is 0 Å². The molecule has 0 radical (unpaired) electrons. The molecule has 2 rings (SSSR count). The predicted molar refractivity (Wildman–Crippen MR) is 61.2 cm³/mol. The van der Waals surface area contributed by atoms with Gasteiger partial charge in [-0.15, -0.1) is 6.58 Å². The van der Waals surface area contributed by atoms with Crippen molar-refractivity contribution in [1.82, 2.24) is 0 Å². The summed E-state index contributed by atoms with van der Waals surface area (Å²) in [4.78, 5) is 11.5. The molecule has 0 amide bonds. The number of hydrogen-bond donors (Lipinski definition) is 0. The van der Waals surface area contributed by atoms with Crippen molar-refractivity contribution in [3.05, 3.63) is 36.4 Å². The van der Waals surface area contributed by atoms with E-state index in [1.165, 1.54) is 0 Å². The van der Waals surface area contributed by atoms with Crippen molar-refractivity contribution in [1.29, 1.82) is 0 Å². The van der Waals surface area contributed by atoms with Crippen LogP contribution in [0.1, 0.15) is 23.2 Å². The van der Waals surface area contributed by atoms with Gasteiger partial charge in [0.2, 0.25) is 0 Å². The molecule has 0 N–H and O–H groups in total. The van der Waals surface area contributed by atoms with Crippen molar-refractivity contribution in [3.8, 4) is 11.5 Å². The van der Waals surface area contributed by atoms with E-state index in [0.717, 1.165) is 12.2 Å². The number of Topliss-reactive ketones (excluding diaryl/α,β-unsaturated/α-hetero) is 1. The molecule has 1 aromatic carbocycles. The fourth-order valence-electron chi connectivity index (χ4n) is 1.59. The summed E-state index contributed by atoms with van der Waals surface area (Å²) in [5.41, 5.74) is 0.655. The summed E-state index contributed by atoms with van der Waals surface area (Å²) in [5.74, 6) is 1.50. The van der Waals surface area contributed by atoms with Gasteiger partial charge < -0.3 is 9.47 Å². The van der Waals surface area contributed by atoms with Gasteiger partial charge in [0.25, 0.3) is 0 Å². The lowest BCUT2D eigenvalue weighted by molar-refractivity contribution is 0.0933. The molecule has 0 saturated heterocycles.